The molecule has 0 aromatic rings. The number of halogens is 1. The predicted octanol–water partition coefficient (Wildman–Crippen LogP) is 4.64. The van der Waals surface area contributed by atoms with E-state index in [1.807, 2.05) is 0 Å². The molecule has 1 atom stereocenters. The molecule has 1 rings (SSSR count). The standard InChI is InChI=1S/C16H30BrNOSi/c1-14(2)20(3,4)19-13-5-11-18-12-10-15-6-8-16(17)9-7-15/h6-8,14,16,18H,5,9-13H2,1-4H3. The van der Waals surface area contributed by atoms with E-state index in [9.17, 15) is 0 Å². The molecular formula is C16H30BrNOSi. The molecule has 0 aliphatic heterocycles. The van der Waals surface area contributed by atoms with Crippen molar-refractivity contribution in [2.24, 2.45) is 0 Å². The number of nitrogens with one attached hydrogen (secondary N) is 1. The van der Waals surface area contributed by atoms with Crippen molar-refractivity contribution < 1.29 is 4.43 Å². The van der Waals surface area contributed by atoms with Gasteiger partial charge in [-0.2, -0.15) is 0 Å². The summed E-state index contributed by atoms with van der Waals surface area (Å²) in [6.45, 7) is 12.2. The summed E-state index contributed by atoms with van der Waals surface area (Å²) in [4.78, 5) is 0.532. The Morgan fingerprint density at radius 3 is 2.75 bits per heavy atom. The van der Waals surface area contributed by atoms with Gasteiger partial charge in [0.05, 0.1) is 0 Å². The molecule has 0 fully saturated rings. The normalized spacial score (nSPS) is 19.5. The molecule has 0 saturated heterocycles. The fourth-order valence-electron chi connectivity index (χ4n) is 1.88. The number of allylic oxidation sites excluding steroid dienone is 3. The molecule has 0 spiro atoms. The minimum Gasteiger partial charge on any atom is -0.417 e. The van der Waals surface area contributed by atoms with E-state index in [1.54, 1.807) is 0 Å². The summed E-state index contributed by atoms with van der Waals surface area (Å²) < 4.78 is 6.07. The van der Waals surface area contributed by atoms with Crippen molar-refractivity contribution in [2.45, 2.75) is 56.6 Å². The van der Waals surface area contributed by atoms with Crippen LogP contribution in [-0.2, 0) is 4.43 Å². The molecule has 0 aromatic carbocycles. The van der Waals surface area contributed by atoms with E-state index in [1.165, 1.54) is 5.57 Å². The van der Waals surface area contributed by atoms with Crippen molar-refractivity contribution in [2.75, 3.05) is 19.7 Å². The zero-order valence-electron chi connectivity index (χ0n) is 13.4. The SMILES string of the molecule is CC(C)[Si](C)(C)OCCCNCCC1=CCC(Br)C=C1. The maximum absolute atomic E-state index is 6.07. The smallest absolute Gasteiger partial charge is 0.189 e. The Balaban J connectivity index is 1.99. The molecule has 0 bridgehead atoms. The van der Waals surface area contributed by atoms with Crippen molar-refractivity contribution in [3.8, 4) is 0 Å². The van der Waals surface area contributed by atoms with E-state index in [2.05, 4.69) is 66.4 Å². The molecule has 1 N–H and O–H groups in total. The molecular weight excluding hydrogens is 330 g/mol. The summed E-state index contributed by atoms with van der Waals surface area (Å²) in [5.41, 5.74) is 2.15. The van der Waals surface area contributed by atoms with Crippen LogP contribution in [0.15, 0.2) is 23.8 Å². The average molecular weight is 360 g/mol. The summed E-state index contributed by atoms with van der Waals surface area (Å²) in [7, 11) is -1.43. The van der Waals surface area contributed by atoms with Gasteiger partial charge in [-0.1, -0.05) is 53.6 Å². The molecule has 0 aromatic heterocycles. The van der Waals surface area contributed by atoms with Gasteiger partial charge in [-0.25, -0.2) is 0 Å². The second-order valence-corrected chi connectivity index (χ2v) is 12.2. The second kappa shape index (κ2) is 9.18. The van der Waals surface area contributed by atoms with Crippen LogP contribution in [0.5, 0.6) is 0 Å². The van der Waals surface area contributed by atoms with E-state index in [0.717, 1.165) is 39.0 Å². The molecule has 1 unspecified atom stereocenters. The summed E-state index contributed by atoms with van der Waals surface area (Å²) in [5.74, 6) is 0. The van der Waals surface area contributed by atoms with Gasteiger partial charge in [0.1, 0.15) is 0 Å². The molecule has 1 aliphatic carbocycles. The van der Waals surface area contributed by atoms with Gasteiger partial charge >= 0.3 is 0 Å². The Kier molecular flexibility index (Phi) is 8.33. The lowest BCUT2D eigenvalue weighted by molar-refractivity contribution is 0.292. The Morgan fingerprint density at radius 1 is 1.40 bits per heavy atom. The zero-order chi connectivity index (χ0) is 15.0. The molecule has 1 aliphatic rings. The van der Waals surface area contributed by atoms with Gasteiger partial charge in [0, 0.05) is 11.4 Å². The minimum atomic E-state index is -1.43. The topological polar surface area (TPSA) is 21.3 Å². The van der Waals surface area contributed by atoms with Crippen LogP contribution in [0.25, 0.3) is 0 Å². The number of hydrogen-bond acceptors (Lipinski definition) is 2. The van der Waals surface area contributed by atoms with Crippen LogP contribution in [0.1, 0.15) is 33.1 Å². The summed E-state index contributed by atoms with van der Waals surface area (Å²) in [6.07, 6.45) is 10.2. The van der Waals surface area contributed by atoms with Gasteiger partial charge in [0.15, 0.2) is 8.32 Å². The molecule has 4 heteroatoms. The third kappa shape index (κ3) is 7.20. The lowest BCUT2D eigenvalue weighted by Crippen LogP contribution is -2.35. The largest absolute Gasteiger partial charge is 0.417 e. The van der Waals surface area contributed by atoms with Crippen LogP contribution < -0.4 is 5.32 Å². The van der Waals surface area contributed by atoms with E-state index in [4.69, 9.17) is 4.43 Å². The maximum Gasteiger partial charge on any atom is 0.189 e. The Hall–Kier alpha value is 0.0969. The third-order valence-corrected chi connectivity index (χ3v) is 8.49. The first kappa shape index (κ1) is 18.1. The molecule has 0 heterocycles. The van der Waals surface area contributed by atoms with Crippen LogP contribution in [0, 0.1) is 0 Å². The quantitative estimate of drug-likeness (QED) is 0.367. The third-order valence-electron chi connectivity index (χ3n) is 4.08. The van der Waals surface area contributed by atoms with Gasteiger partial charge in [-0.15, -0.1) is 0 Å². The van der Waals surface area contributed by atoms with Crippen LogP contribution in [0.3, 0.4) is 0 Å². The van der Waals surface area contributed by atoms with Gasteiger partial charge in [-0.3, -0.25) is 0 Å². The first-order valence-electron chi connectivity index (χ1n) is 7.78. The second-order valence-electron chi connectivity index (χ2n) is 6.35. The summed E-state index contributed by atoms with van der Waals surface area (Å²) in [6, 6.07) is 0. The number of rotatable bonds is 9. The lowest BCUT2D eigenvalue weighted by atomic mass is 10.0. The molecule has 20 heavy (non-hydrogen) atoms. The average Bonchev–Trinajstić information content (AvgIpc) is 2.39. The van der Waals surface area contributed by atoms with E-state index < -0.39 is 8.32 Å². The molecule has 2 nitrogen and oxygen atoms in total. The summed E-state index contributed by atoms with van der Waals surface area (Å²) in [5, 5.41) is 3.51. The fourth-order valence-corrected chi connectivity index (χ4v) is 3.22. The van der Waals surface area contributed by atoms with Gasteiger partial charge in [0.25, 0.3) is 0 Å². The Morgan fingerprint density at radius 2 is 2.15 bits per heavy atom. The molecule has 116 valence electrons. The van der Waals surface area contributed by atoms with Crippen molar-refractivity contribution in [1.82, 2.24) is 5.32 Å². The Bertz CT molecular complexity index is 339. The highest BCUT2D eigenvalue weighted by Gasteiger charge is 2.26. The molecule has 0 radical (unpaired) electrons. The van der Waals surface area contributed by atoms with E-state index in [0.29, 0.717) is 10.4 Å². The molecule has 0 amide bonds. The highest BCUT2D eigenvalue weighted by atomic mass is 79.9. The van der Waals surface area contributed by atoms with Gasteiger partial charge in [0.2, 0.25) is 0 Å². The first-order valence-corrected chi connectivity index (χ1v) is 11.7. The lowest BCUT2D eigenvalue weighted by Gasteiger charge is -2.26. The maximum atomic E-state index is 6.07. The van der Waals surface area contributed by atoms with Crippen LogP contribution in [0.4, 0.5) is 0 Å². The van der Waals surface area contributed by atoms with Gasteiger partial charge in [-0.05, 0) is 51.0 Å². The first-order chi connectivity index (χ1) is 9.42. The van der Waals surface area contributed by atoms with Gasteiger partial charge < -0.3 is 9.74 Å². The predicted molar refractivity (Wildman–Crippen MR) is 95.2 cm³/mol. The monoisotopic (exact) mass is 359 g/mol. The van der Waals surface area contributed by atoms with Crippen LogP contribution in [-0.4, -0.2) is 32.8 Å². The van der Waals surface area contributed by atoms with Crippen molar-refractivity contribution in [1.29, 1.82) is 0 Å². The van der Waals surface area contributed by atoms with E-state index >= 15 is 0 Å². The van der Waals surface area contributed by atoms with Crippen molar-refractivity contribution in [3.63, 3.8) is 0 Å². The van der Waals surface area contributed by atoms with Crippen molar-refractivity contribution in [3.05, 3.63) is 23.8 Å². The highest BCUT2D eigenvalue weighted by Crippen LogP contribution is 2.21. The minimum absolute atomic E-state index is 0.532. The summed E-state index contributed by atoms with van der Waals surface area (Å²) >= 11 is 3.59. The van der Waals surface area contributed by atoms with Crippen molar-refractivity contribution >= 4 is 24.2 Å². The van der Waals surface area contributed by atoms with Crippen LogP contribution >= 0.6 is 15.9 Å². The van der Waals surface area contributed by atoms with E-state index in [-0.39, 0.29) is 0 Å². The molecule has 0 saturated carbocycles. The number of hydrogen-bond donors (Lipinski definition) is 1. The Labute approximate surface area is 134 Å². The fraction of sp³-hybridized carbons (Fsp3) is 0.750. The number of alkyl halides is 1. The zero-order valence-corrected chi connectivity index (χ0v) is 16.0. The van der Waals surface area contributed by atoms with Crippen LogP contribution in [0.2, 0.25) is 18.6 Å². The highest BCUT2D eigenvalue weighted by molar-refractivity contribution is 9.09.